The highest BCUT2D eigenvalue weighted by Gasteiger charge is 2.46. The molecule has 1 aromatic heterocycles. The molecule has 1 aliphatic heterocycles. The molecule has 1 aliphatic rings. The first-order valence-electron chi connectivity index (χ1n) is 8.16. The lowest BCUT2D eigenvalue weighted by Crippen LogP contribution is -2.38. The molecule has 1 N–H and O–H groups in total. The average Bonchev–Trinajstić information content (AvgIpc) is 3.23. The second kappa shape index (κ2) is 7.41. The Hall–Kier alpha value is -2.48. The van der Waals surface area contributed by atoms with Gasteiger partial charge in [0.25, 0.3) is 0 Å². The van der Waals surface area contributed by atoms with Gasteiger partial charge in [0.05, 0.1) is 6.54 Å². The number of aryl methyl sites for hydroxylation is 1. The number of amides is 1. The van der Waals surface area contributed by atoms with Crippen LogP contribution < -0.4 is 0 Å². The molecule has 26 heavy (non-hydrogen) atoms. The number of carbonyl (C=O) groups is 2. The number of carbonyl (C=O) groups excluding carboxylic acids is 1. The molecule has 0 saturated carbocycles. The third-order valence-corrected chi connectivity index (χ3v) is 4.56. The highest BCUT2D eigenvalue weighted by molar-refractivity contribution is 6.30. The van der Waals surface area contributed by atoms with E-state index in [1.54, 1.807) is 24.3 Å². The van der Waals surface area contributed by atoms with Gasteiger partial charge in [0.15, 0.2) is 0 Å². The van der Waals surface area contributed by atoms with Crippen LogP contribution in [0.4, 0.5) is 4.39 Å². The molecular formula is C17H17ClFN3O4. The van der Waals surface area contributed by atoms with Gasteiger partial charge in [0.2, 0.25) is 23.3 Å². The molecule has 1 fully saturated rings. The monoisotopic (exact) mass is 381 g/mol. The Morgan fingerprint density at radius 3 is 2.73 bits per heavy atom. The van der Waals surface area contributed by atoms with Crippen molar-refractivity contribution in [1.29, 1.82) is 0 Å². The van der Waals surface area contributed by atoms with Crippen LogP contribution in [0.15, 0.2) is 28.8 Å². The summed E-state index contributed by atoms with van der Waals surface area (Å²) in [6, 6.07) is 7.01. The highest BCUT2D eigenvalue weighted by atomic mass is 35.5. The van der Waals surface area contributed by atoms with Gasteiger partial charge < -0.3 is 14.5 Å². The fourth-order valence-electron chi connectivity index (χ4n) is 2.78. The summed E-state index contributed by atoms with van der Waals surface area (Å²) in [6.45, 7) is -0.286. The lowest BCUT2D eigenvalue weighted by atomic mass is 10.1. The van der Waals surface area contributed by atoms with Crippen LogP contribution in [-0.2, 0) is 16.0 Å². The van der Waals surface area contributed by atoms with Gasteiger partial charge in [-0.15, -0.1) is 0 Å². The van der Waals surface area contributed by atoms with Crippen molar-refractivity contribution in [2.24, 2.45) is 0 Å². The van der Waals surface area contributed by atoms with Gasteiger partial charge in [-0.05, 0) is 30.7 Å². The third-order valence-electron chi connectivity index (χ3n) is 4.31. The maximum absolute atomic E-state index is 14.0. The fourth-order valence-corrected chi connectivity index (χ4v) is 2.91. The van der Waals surface area contributed by atoms with Crippen molar-refractivity contribution in [3.8, 4) is 11.4 Å². The lowest BCUT2D eigenvalue weighted by Gasteiger charge is -2.17. The van der Waals surface area contributed by atoms with Crippen LogP contribution in [0.5, 0.6) is 0 Å². The van der Waals surface area contributed by atoms with E-state index in [1.807, 2.05) is 0 Å². The average molecular weight is 382 g/mol. The zero-order valence-electron chi connectivity index (χ0n) is 13.8. The number of nitrogens with zero attached hydrogens (tertiary/aromatic N) is 3. The van der Waals surface area contributed by atoms with E-state index in [0.29, 0.717) is 29.6 Å². The van der Waals surface area contributed by atoms with Crippen molar-refractivity contribution < 1.29 is 23.6 Å². The summed E-state index contributed by atoms with van der Waals surface area (Å²) in [5.74, 6) is -0.961. The van der Waals surface area contributed by atoms with Crippen LogP contribution in [0.3, 0.4) is 0 Å². The van der Waals surface area contributed by atoms with Gasteiger partial charge in [0, 0.05) is 36.4 Å². The molecular weight excluding hydrogens is 365 g/mol. The number of carboxylic acids is 1. The zero-order chi connectivity index (χ0) is 18.7. The van der Waals surface area contributed by atoms with Crippen molar-refractivity contribution >= 4 is 23.5 Å². The third kappa shape index (κ3) is 4.01. The van der Waals surface area contributed by atoms with Crippen LogP contribution in [-0.4, -0.2) is 50.8 Å². The fraction of sp³-hybridized carbons (Fsp3) is 0.412. The summed E-state index contributed by atoms with van der Waals surface area (Å²) in [5.41, 5.74) is -1.57. The summed E-state index contributed by atoms with van der Waals surface area (Å²) in [4.78, 5) is 28.5. The van der Waals surface area contributed by atoms with Crippen LogP contribution in [0.1, 0.15) is 25.2 Å². The molecule has 1 aromatic carbocycles. The van der Waals surface area contributed by atoms with E-state index in [-0.39, 0.29) is 25.3 Å². The number of likely N-dealkylation sites (tertiary alicyclic amines) is 1. The normalized spacial score (nSPS) is 19.7. The van der Waals surface area contributed by atoms with Gasteiger partial charge >= 0.3 is 5.97 Å². The Labute approximate surface area is 153 Å². The Kier molecular flexibility index (Phi) is 5.22. The van der Waals surface area contributed by atoms with E-state index in [2.05, 4.69) is 10.1 Å². The largest absolute Gasteiger partial charge is 0.479 e. The predicted octanol–water partition coefficient (Wildman–Crippen LogP) is 2.74. The Morgan fingerprint density at radius 1 is 1.35 bits per heavy atom. The maximum atomic E-state index is 14.0. The van der Waals surface area contributed by atoms with Gasteiger partial charge in [-0.2, -0.15) is 4.98 Å². The quantitative estimate of drug-likeness (QED) is 0.826. The highest BCUT2D eigenvalue weighted by Crippen LogP contribution is 2.26. The minimum atomic E-state index is -2.34. The van der Waals surface area contributed by atoms with Crippen LogP contribution in [0.25, 0.3) is 11.4 Å². The van der Waals surface area contributed by atoms with Gasteiger partial charge in [0.1, 0.15) is 0 Å². The van der Waals surface area contributed by atoms with Crippen LogP contribution in [0, 0.1) is 0 Å². The molecule has 3 rings (SSSR count). The van der Waals surface area contributed by atoms with E-state index in [0.717, 1.165) is 5.56 Å². The Balaban J connectivity index is 1.49. The smallest absolute Gasteiger partial charge is 0.343 e. The molecule has 1 unspecified atom stereocenters. The predicted molar refractivity (Wildman–Crippen MR) is 90.4 cm³/mol. The molecule has 1 saturated heterocycles. The number of benzene rings is 1. The second-order valence-corrected chi connectivity index (χ2v) is 6.64. The molecule has 138 valence electrons. The summed E-state index contributed by atoms with van der Waals surface area (Å²) < 4.78 is 19.2. The van der Waals surface area contributed by atoms with Gasteiger partial charge in [-0.3, -0.25) is 4.79 Å². The molecule has 0 aliphatic carbocycles. The first-order chi connectivity index (χ1) is 12.4. The van der Waals surface area contributed by atoms with Crippen molar-refractivity contribution in [1.82, 2.24) is 15.0 Å². The molecule has 0 radical (unpaired) electrons. The SMILES string of the molecule is O=C(CCCc1nc(-c2ccc(Cl)cc2)no1)N1CCC(F)(C(=O)O)C1. The maximum Gasteiger partial charge on any atom is 0.343 e. The summed E-state index contributed by atoms with van der Waals surface area (Å²) in [6.07, 6.45) is 0.834. The Bertz CT molecular complexity index is 811. The van der Waals surface area contributed by atoms with Crippen LogP contribution in [0.2, 0.25) is 5.02 Å². The number of aromatic nitrogens is 2. The zero-order valence-corrected chi connectivity index (χ0v) is 14.6. The topological polar surface area (TPSA) is 96.5 Å². The van der Waals surface area contributed by atoms with Gasteiger partial charge in [-0.1, -0.05) is 16.8 Å². The molecule has 1 amide bonds. The van der Waals surface area contributed by atoms with Crippen molar-refractivity contribution in [3.05, 3.63) is 35.2 Å². The summed E-state index contributed by atoms with van der Waals surface area (Å²) in [7, 11) is 0. The summed E-state index contributed by atoms with van der Waals surface area (Å²) in [5, 5.41) is 13.4. The van der Waals surface area contributed by atoms with Crippen molar-refractivity contribution in [3.63, 3.8) is 0 Å². The number of halogens is 2. The Morgan fingerprint density at radius 2 is 2.08 bits per heavy atom. The molecule has 1 atom stereocenters. The number of hydrogen-bond acceptors (Lipinski definition) is 5. The number of hydrogen-bond donors (Lipinski definition) is 1. The minimum absolute atomic E-state index is 0.114. The van der Waals surface area contributed by atoms with E-state index < -0.39 is 18.2 Å². The molecule has 7 nitrogen and oxygen atoms in total. The van der Waals surface area contributed by atoms with E-state index in [9.17, 15) is 14.0 Å². The number of rotatable bonds is 6. The van der Waals surface area contributed by atoms with E-state index >= 15 is 0 Å². The standard InChI is InChI=1S/C17H17ClFN3O4/c18-12-6-4-11(5-7-12)15-20-13(26-21-15)2-1-3-14(23)22-9-8-17(19,10-22)16(24)25/h4-7H,1-3,8-10H2,(H,24,25). The molecule has 2 heterocycles. The second-order valence-electron chi connectivity index (χ2n) is 6.21. The number of aliphatic carboxylic acids is 1. The van der Waals surface area contributed by atoms with E-state index in [4.69, 9.17) is 21.2 Å². The molecule has 9 heteroatoms. The van der Waals surface area contributed by atoms with Crippen LogP contribution >= 0.6 is 11.6 Å². The molecule has 2 aromatic rings. The van der Waals surface area contributed by atoms with E-state index in [1.165, 1.54) is 4.90 Å². The first kappa shape index (κ1) is 18.3. The molecule has 0 spiro atoms. The van der Waals surface area contributed by atoms with Crippen molar-refractivity contribution in [2.45, 2.75) is 31.4 Å². The lowest BCUT2D eigenvalue weighted by molar-refractivity contribution is -0.150. The molecule has 0 bridgehead atoms. The first-order valence-corrected chi connectivity index (χ1v) is 8.54. The summed E-state index contributed by atoms with van der Waals surface area (Å²) >= 11 is 5.84. The minimum Gasteiger partial charge on any atom is -0.479 e. The number of carboxylic acid groups (broad SMARTS) is 1. The number of alkyl halides is 1. The van der Waals surface area contributed by atoms with Crippen molar-refractivity contribution in [2.75, 3.05) is 13.1 Å². The van der Waals surface area contributed by atoms with Gasteiger partial charge in [-0.25, -0.2) is 9.18 Å².